The van der Waals surface area contributed by atoms with Gasteiger partial charge in [0.2, 0.25) is 0 Å². The Morgan fingerprint density at radius 1 is 1.33 bits per heavy atom. The lowest BCUT2D eigenvalue weighted by molar-refractivity contribution is 0.0697. The van der Waals surface area contributed by atoms with Gasteiger partial charge >= 0.3 is 5.97 Å². The van der Waals surface area contributed by atoms with Gasteiger partial charge in [-0.3, -0.25) is 0 Å². The molecule has 18 heavy (non-hydrogen) atoms. The molecule has 3 nitrogen and oxygen atoms in total. The topological polar surface area (TPSA) is 50.2 Å². The van der Waals surface area contributed by atoms with Crippen molar-refractivity contribution in [1.82, 2.24) is 4.98 Å². The van der Waals surface area contributed by atoms with E-state index in [1.165, 1.54) is 11.8 Å². The Morgan fingerprint density at radius 2 is 2.11 bits per heavy atom. The lowest BCUT2D eigenvalue weighted by Gasteiger charge is -2.04. The summed E-state index contributed by atoms with van der Waals surface area (Å²) in [5.74, 6) is -1.03. The molecule has 0 saturated heterocycles. The normalized spacial score (nSPS) is 10.3. The first kappa shape index (κ1) is 12.9. The summed E-state index contributed by atoms with van der Waals surface area (Å²) >= 11 is 7.22. The van der Waals surface area contributed by atoms with Gasteiger partial charge in [0.05, 0.1) is 10.6 Å². The number of halogens is 1. The molecular weight excluding hydrogens is 270 g/mol. The van der Waals surface area contributed by atoms with Crippen molar-refractivity contribution in [2.45, 2.75) is 16.8 Å². The van der Waals surface area contributed by atoms with Gasteiger partial charge in [-0.1, -0.05) is 23.4 Å². The SMILES string of the molecule is Cc1ccnc(Sc2ccc(Cl)c(C(=O)O)c2)c1. The average Bonchev–Trinajstić information content (AvgIpc) is 2.31. The Bertz CT molecular complexity index is 601. The largest absolute Gasteiger partial charge is 0.478 e. The highest BCUT2D eigenvalue weighted by Gasteiger charge is 2.10. The molecule has 0 spiro atoms. The summed E-state index contributed by atoms with van der Waals surface area (Å²) < 4.78 is 0. The summed E-state index contributed by atoms with van der Waals surface area (Å²) in [6, 6.07) is 8.78. The van der Waals surface area contributed by atoms with Crippen LogP contribution in [0, 0.1) is 6.92 Å². The number of carboxylic acid groups (broad SMARTS) is 1. The zero-order valence-corrected chi connectivity index (χ0v) is 11.1. The number of carbonyl (C=O) groups is 1. The van der Waals surface area contributed by atoms with Gasteiger partial charge in [-0.2, -0.15) is 0 Å². The van der Waals surface area contributed by atoms with Crippen LogP contribution in [0.25, 0.3) is 0 Å². The third kappa shape index (κ3) is 3.03. The maximum absolute atomic E-state index is 11.0. The fourth-order valence-electron chi connectivity index (χ4n) is 1.42. The predicted molar refractivity (Wildman–Crippen MR) is 71.5 cm³/mol. The van der Waals surface area contributed by atoms with Crippen LogP contribution in [0.1, 0.15) is 15.9 Å². The summed E-state index contributed by atoms with van der Waals surface area (Å²) in [6.07, 6.45) is 1.73. The first-order valence-corrected chi connectivity index (χ1v) is 6.39. The monoisotopic (exact) mass is 279 g/mol. The molecule has 0 amide bonds. The van der Waals surface area contributed by atoms with Crippen molar-refractivity contribution in [3.63, 3.8) is 0 Å². The van der Waals surface area contributed by atoms with E-state index < -0.39 is 5.97 Å². The zero-order valence-electron chi connectivity index (χ0n) is 9.55. The van der Waals surface area contributed by atoms with Gasteiger partial charge < -0.3 is 5.11 Å². The highest BCUT2D eigenvalue weighted by atomic mass is 35.5. The molecule has 0 aliphatic rings. The number of aromatic carboxylic acids is 1. The highest BCUT2D eigenvalue weighted by Crippen LogP contribution is 2.29. The molecule has 92 valence electrons. The molecule has 0 saturated carbocycles. The Morgan fingerprint density at radius 3 is 2.78 bits per heavy atom. The van der Waals surface area contributed by atoms with Crippen LogP contribution in [-0.4, -0.2) is 16.1 Å². The van der Waals surface area contributed by atoms with E-state index in [9.17, 15) is 4.79 Å². The number of hydrogen-bond donors (Lipinski definition) is 1. The minimum absolute atomic E-state index is 0.106. The van der Waals surface area contributed by atoms with Crippen molar-refractivity contribution in [2.24, 2.45) is 0 Å². The smallest absolute Gasteiger partial charge is 0.337 e. The van der Waals surface area contributed by atoms with E-state index in [0.29, 0.717) is 0 Å². The number of nitrogens with zero attached hydrogens (tertiary/aromatic N) is 1. The van der Waals surface area contributed by atoms with Crippen molar-refractivity contribution in [3.05, 3.63) is 52.7 Å². The number of rotatable bonds is 3. The molecular formula is C13H10ClNO2S. The molecule has 1 aromatic carbocycles. The maximum Gasteiger partial charge on any atom is 0.337 e. The molecule has 0 fully saturated rings. The van der Waals surface area contributed by atoms with Gasteiger partial charge in [-0.05, 0) is 42.8 Å². The van der Waals surface area contributed by atoms with Gasteiger partial charge in [0.25, 0.3) is 0 Å². The molecule has 0 radical (unpaired) electrons. The Kier molecular flexibility index (Phi) is 3.89. The molecule has 0 unspecified atom stereocenters. The number of benzene rings is 1. The van der Waals surface area contributed by atoms with Crippen molar-refractivity contribution in [2.75, 3.05) is 0 Å². The molecule has 0 atom stereocenters. The molecule has 0 bridgehead atoms. The van der Waals surface area contributed by atoms with E-state index in [4.69, 9.17) is 16.7 Å². The predicted octanol–water partition coefficient (Wildman–Crippen LogP) is 3.89. The first-order valence-electron chi connectivity index (χ1n) is 5.19. The quantitative estimate of drug-likeness (QED) is 0.926. The van der Waals surface area contributed by atoms with Crippen LogP contribution >= 0.6 is 23.4 Å². The molecule has 1 aromatic heterocycles. The second kappa shape index (κ2) is 5.42. The molecule has 5 heteroatoms. The number of hydrogen-bond acceptors (Lipinski definition) is 3. The van der Waals surface area contributed by atoms with Crippen LogP contribution in [0.5, 0.6) is 0 Å². The summed E-state index contributed by atoms with van der Waals surface area (Å²) in [6.45, 7) is 1.98. The second-order valence-electron chi connectivity index (χ2n) is 3.72. The van der Waals surface area contributed by atoms with Crippen LogP contribution in [0.4, 0.5) is 0 Å². The molecule has 0 aliphatic carbocycles. The Hall–Kier alpha value is -1.52. The molecule has 2 rings (SSSR count). The van der Waals surface area contributed by atoms with Crippen LogP contribution < -0.4 is 0 Å². The minimum atomic E-state index is -1.03. The zero-order chi connectivity index (χ0) is 13.1. The van der Waals surface area contributed by atoms with E-state index in [2.05, 4.69) is 4.98 Å². The summed E-state index contributed by atoms with van der Waals surface area (Å²) in [7, 11) is 0. The fraction of sp³-hybridized carbons (Fsp3) is 0.0769. The van der Waals surface area contributed by atoms with Crippen molar-refractivity contribution in [1.29, 1.82) is 0 Å². The summed E-state index contributed by atoms with van der Waals surface area (Å²) in [4.78, 5) is 16.0. The van der Waals surface area contributed by atoms with E-state index in [1.807, 2.05) is 19.1 Å². The van der Waals surface area contributed by atoms with Crippen molar-refractivity contribution in [3.8, 4) is 0 Å². The van der Waals surface area contributed by atoms with Gasteiger partial charge in [0, 0.05) is 11.1 Å². The molecule has 1 N–H and O–H groups in total. The average molecular weight is 280 g/mol. The van der Waals surface area contributed by atoms with Gasteiger partial charge in [0.1, 0.15) is 5.03 Å². The van der Waals surface area contributed by atoms with Crippen LogP contribution in [0.3, 0.4) is 0 Å². The van der Waals surface area contributed by atoms with Crippen molar-refractivity contribution >= 4 is 29.3 Å². The van der Waals surface area contributed by atoms with Gasteiger partial charge in [-0.15, -0.1) is 0 Å². The third-order valence-electron chi connectivity index (χ3n) is 2.28. The van der Waals surface area contributed by atoms with Crippen LogP contribution in [0.2, 0.25) is 5.02 Å². The van der Waals surface area contributed by atoms with E-state index in [-0.39, 0.29) is 10.6 Å². The maximum atomic E-state index is 11.0. The number of aromatic nitrogens is 1. The standard InChI is InChI=1S/C13H10ClNO2S/c1-8-4-5-15-12(6-8)18-9-2-3-11(14)10(7-9)13(16)17/h2-7H,1H3,(H,16,17). The van der Waals surface area contributed by atoms with E-state index in [0.717, 1.165) is 15.5 Å². The highest BCUT2D eigenvalue weighted by molar-refractivity contribution is 7.99. The van der Waals surface area contributed by atoms with E-state index >= 15 is 0 Å². The summed E-state index contributed by atoms with van der Waals surface area (Å²) in [5.41, 5.74) is 1.22. The lowest BCUT2D eigenvalue weighted by Crippen LogP contribution is -1.97. The van der Waals surface area contributed by atoms with Crippen LogP contribution in [-0.2, 0) is 0 Å². The number of carboxylic acids is 1. The molecule has 0 aliphatic heterocycles. The van der Waals surface area contributed by atoms with Crippen molar-refractivity contribution < 1.29 is 9.90 Å². The first-order chi connectivity index (χ1) is 8.56. The van der Waals surface area contributed by atoms with Gasteiger partial charge in [0.15, 0.2) is 0 Å². The molecule has 1 heterocycles. The Labute approximate surface area is 114 Å². The minimum Gasteiger partial charge on any atom is -0.478 e. The fourth-order valence-corrected chi connectivity index (χ4v) is 2.53. The Balaban J connectivity index is 2.30. The van der Waals surface area contributed by atoms with E-state index in [1.54, 1.807) is 24.4 Å². The lowest BCUT2D eigenvalue weighted by atomic mass is 10.2. The van der Waals surface area contributed by atoms with Gasteiger partial charge in [-0.25, -0.2) is 9.78 Å². The number of pyridine rings is 1. The summed E-state index contributed by atoms with van der Waals surface area (Å²) in [5, 5.41) is 10.1. The third-order valence-corrected chi connectivity index (χ3v) is 3.53. The second-order valence-corrected chi connectivity index (χ2v) is 5.22. The number of aryl methyl sites for hydroxylation is 1. The molecule has 2 aromatic rings. The van der Waals surface area contributed by atoms with Crippen LogP contribution in [0.15, 0.2) is 46.5 Å².